The van der Waals surface area contributed by atoms with Crippen LogP contribution in [0.3, 0.4) is 0 Å². The van der Waals surface area contributed by atoms with Crippen molar-refractivity contribution in [3.8, 4) is 11.5 Å². The Morgan fingerprint density at radius 1 is 1.44 bits per heavy atom. The van der Waals surface area contributed by atoms with Gasteiger partial charge in [0.1, 0.15) is 11.5 Å². The molecule has 1 aromatic rings. The molecule has 1 heterocycles. The molecule has 2 atom stereocenters. The lowest BCUT2D eigenvalue weighted by Crippen LogP contribution is -2.31. The van der Waals surface area contributed by atoms with E-state index in [9.17, 15) is 10.2 Å². The Labute approximate surface area is 94.9 Å². The first-order valence-electron chi connectivity index (χ1n) is 5.52. The zero-order valence-corrected chi connectivity index (χ0v) is 9.31. The van der Waals surface area contributed by atoms with Gasteiger partial charge in [-0.15, -0.1) is 0 Å². The first-order chi connectivity index (χ1) is 7.66. The van der Waals surface area contributed by atoms with Crippen LogP contribution >= 0.6 is 0 Å². The van der Waals surface area contributed by atoms with Gasteiger partial charge in [-0.3, -0.25) is 0 Å². The Hall–Kier alpha value is -1.26. The number of ether oxygens (including phenoxy) is 1. The lowest BCUT2D eigenvalue weighted by atomic mass is 10.1. The quantitative estimate of drug-likeness (QED) is 0.727. The fraction of sp³-hybridized carbons (Fsp3) is 0.500. The van der Waals surface area contributed by atoms with E-state index in [-0.39, 0.29) is 17.5 Å². The van der Waals surface area contributed by atoms with Crippen LogP contribution in [0.25, 0.3) is 0 Å². The molecular weight excluding hydrogens is 206 g/mol. The normalized spacial score (nSPS) is 22.2. The molecule has 1 aliphatic heterocycles. The molecule has 0 saturated carbocycles. The van der Waals surface area contributed by atoms with Gasteiger partial charge in [-0.1, -0.05) is 6.07 Å². The highest BCUT2D eigenvalue weighted by atomic mass is 16.5. The van der Waals surface area contributed by atoms with Gasteiger partial charge in [-0.05, 0) is 19.4 Å². The highest BCUT2D eigenvalue weighted by Crippen LogP contribution is 2.28. The predicted molar refractivity (Wildman–Crippen MR) is 60.5 cm³/mol. The molecule has 3 N–H and O–H groups in total. The van der Waals surface area contributed by atoms with Crippen LogP contribution < -0.4 is 5.32 Å². The molecule has 2 unspecified atom stereocenters. The summed E-state index contributed by atoms with van der Waals surface area (Å²) < 4.78 is 5.28. The lowest BCUT2D eigenvalue weighted by molar-refractivity contribution is 0.188. The minimum Gasteiger partial charge on any atom is -0.508 e. The van der Waals surface area contributed by atoms with Crippen LogP contribution in [-0.2, 0) is 4.74 Å². The fourth-order valence-corrected chi connectivity index (χ4v) is 2.01. The number of nitrogens with one attached hydrogen (secondary N) is 1. The largest absolute Gasteiger partial charge is 0.508 e. The Bertz CT molecular complexity index is 361. The Morgan fingerprint density at radius 3 is 2.88 bits per heavy atom. The number of hydrogen-bond acceptors (Lipinski definition) is 4. The summed E-state index contributed by atoms with van der Waals surface area (Å²) in [5, 5.41) is 22.3. The van der Waals surface area contributed by atoms with Gasteiger partial charge >= 0.3 is 0 Å². The highest BCUT2D eigenvalue weighted by Gasteiger charge is 2.19. The van der Waals surface area contributed by atoms with E-state index in [1.807, 2.05) is 6.92 Å². The van der Waals surface area contributed by atoms with Gasteiger partial charge in [-0.25, -0.2) is 0 Å². The van der Waals surface area contributed by atoms with Crippen molar-refractivity contribution >= 4 is 0 Å². The van der Waals surface area contributed by atoms with E-state index in [1.165, 1.54) is 6.07 Å². The molecule has 4 nitrogen and oxygen atoms in total. The Morgan fingerprint density at radius 2 is 2.25 bits per heavy atom. The van der Waals surface area contributed by atoms with Gasteiger partial charge < -0.3 is 20.3 Å². The minimum atomic E-state index is 0.0484. The number of hydrogen-bond donors (Lipinski definition) is 3. The third kappa shape index (κ3) is 2.46. The van der Waals surface area contributed by atoms with E-state index >= 15 is 0 Å². The lowest BCUT2D eigenvalue weighted by Gasteiger charge is -2.19. The van der Waals surface area contributed by atoms with Crippen LogP contribution in [0, 0.1) is 0 Å². The van der Waals surface area contributed by atoms with Gasteiger partial charge in [-0.2, -0.15) is 0 Å². The molecule has 1 aromatic carbocycles. The first-order valence-corrected chi connectivity index (χ1v) is 5.52. The van der Waals surface area contributed by atoms with Crippen LogP contribution in [0.15, 0.2) is 18.2 Å². The van der Waals surface area contributed by atoms with E-state index in [0.29, 0.717) is 6.04 Å². The number of rotatable bonds is 3. The third-order valence-corrected chi connectivity index (χ3v) is 2.90. The van der Waals surface area contributed by atoms with E-state index in [4.69, 9.17) is 4.74 Å². The summed E-state index contributed by atoms with van der Waals surface area (Å²) in [7, 11) is 0. The van der Waals surface area contributed by atoms with Crippen molar-refractivity contribution in [2.45, 2.75) is 25.4 Å². The number of benzene rings is 1. The van der Waals surface area contributed by atoms with Crippen LogP contribution in [0.4, 0.5) is 0 Å². The van der Waals surface area contributed by atoms with Gasteiger partial charge in [0.15, 0.2) is 0 Å². The average molecular weight is 223 g/mol. The van der Waals surface area contributed by atoms with Gasteiger partial charge in [0.25, 0.3) is 0 Å². The van der Waals surface area contributed by atoms with Gasteiger partial charge in [0.05, 0.1) is 6.61 Å². The maximum Gasteiger partial charge on any atom is 0.124 e. The van der Waals surface area contributed by atoms with Crippen molar-refractivity contribution in [2.75, 3.05) is 13.2 Å². The van der Waals surface area contributed by atoms with Crippen molar-refractivity contribution in [1.82, 2.24) is 5.32 Å². The molecule has 2 rings (SSSR count). The van der Waals surface area contributed by atoms with Crippen LogP contribution in [0.1, 0.15) is 24.9 Å². The molecule has 1 aliphatic rings. The second-order valence-electron chi connectivity index (χ2n) is 4.19. The van der Waals surface area contributed by atoms with E-state index in [1.54, 1.807) is 12.1 Å². The summed E-state index contributed by atoms with van der Waals surface area (Å²) in [4.78, 5) is 0. The molecule has 0 bridgehead atoms. The van der Waals surface area contributed by atoms with Crippen LogP contribution in [0.2, 0.25) is 0 Å². The van der Waals surface area contributed by atoms with Crippen LogP contribution in [-0.4, -0.2) is 29.5 Å². The van der Waals surface area contributed by atoms with Gasteiger partial charge in [0.2, 0.25) is 0 Å². The number of aromatic hydroxyl groups is 2. The summed E-state index contributed by atoms with van der Waals surface area (Å²) in [6.07, 6.45) is 1.00. The predicted octanol–water partition coefficient (Wildman–Crippen LogP) is 1.54. The summed E-state index contributed by atoms with van der Waals surface area (Å²) >= 11 is 0. The summed E-state index contributed by atoms with van der Waals surface area (Å²) in [5.41, 5.74) is 0.796. The van der Waals surface area contributed by atoms with E-state index in [2.05, 4.69) is 5.32 Å². The van der Waals surface area contributed by atoms with Crippen molar-refractivity contribution < 1.29 is 14.9 Å². The second kappa shape index (κ2) is 4.72. The van der Waals surface area contributed by atoms with Crippen molar-refractivity contribution in [1.29, 1.82) is 0 Å². The molecule has 0 spiro atoms. The van der Waals surface area contributed by atoms with Gasteiger partial charge in [0, 0.05) is 30.3 Å². The fourth-order valence-electron chi connectivity index (χ4n) is 2.01. The molecule has 0 aliphatic carbocycles. The summed E-state index contributed by atoms with van der Waals surface area (Å²) in [6.45, 7) is 3.51. The SMILES string of the molecule is CC(NC1CCOC1)c1ccc(O)cc1O. The molecule has 0 amide bonds. The molecule has 1 fully saturated rings. The standard InChI is InChI=1S/C12H17NO3/c1-8(13-9-4-5-16-7-9)11-3-2-10(14)6-12(11)15/h2-3,6,8-9,13-15H,4-5,7H2,1H3. The zero-order chi connectivity index (χ0) is 11.5. The maximum atomic E-state index is 9.70. The molecular formula is C12H17NO3. The molecule has 1 saturated heterocycles. The summed E-state index contributed by atoms with van der Waals surface area (Å²) in [6, 6.07) is 5.07. The first kappa shape index (κ1) is 11.2. The smallest absolute Gasteiger partial charge is 0.124 e. The number of phenols is 2. The monoisotopic (exact) mass is 223 g/mol. The van der Waals surface area contributed by atoms with Crippen LogP contribution in [0.5, 0.6) is 11.5 Å². The minimum absolute atomic E-state index is 0.0484. The van der Waals surface area contributed by atoms with E-state index in [0.717, 1.165) is 25.2 Å². The molecule has 16 heavy (non-hydrogen) atoms. The molecule has 4 heteroatoms. The highest BCUT2D eigenvalue weighted by molar-refractivity contribution is 5.40. The number of phenolic OH excluding ortho intramolecular Hbond substituents is 2. The summed E-state index contributed by atoms with van der Waals surface area (Å²) in [5.74, 6) is 0.205. The molecule has 88 valence electrons. The van der Waals surface area contributed by atoms with Crippen molar-refractivity contribution in [3.63, 3.8) is 0 Å². The second-order valence-corrected chi connectivity index (χ2v) is 4.19. The maximum absolute atomic E-state index is 9.70. The topological polar surface area (TPSA) is 61.7 Å². The van der Waals surface area contributed by atoms with Crippen molar-refractivity contribution in [2.24, 2.45) is 0 Å². The Kier molecular flexibility index (Phi) is 3.31. The average Bonchev–Trinajstić information content (AvgIpc) is 2.70. The third-order valence-electron chi connectivity index (χ3n) is 2.90. The van der Waals surface area contributed by atoms with E-state index < -0.39 is 0 Å². The Balaban J connectivity index is 2.04. The zero-order valence-electron chi connectivity index (χ0n) is 9.31. The van der Waals surface area contributed by atoms with Crippen molar-refractivity contribution in [3.05, 3.63) is 23.8 Å². The molecule has 0 radical (unpaired) electrons. The molecule has 0 aromatic heterocycles.